The van der Waals surface area contributed by atoms with Crippen molar-refractivity contribution in [2.45, 2.75) is 19.9 Å². The number of carbonyl (C=O) groups excluding carboxylic acids is 1. The lowest BCUT2D eigenvalue weighted by Gasteiger charge is -2.11. The Bertz CT molecular complexity index is 434. The second-order valence-corrected chi connectivity index (χ2v) is 3.67. The maximum Gasteiger partial charge on any atom is 0.319 e. The van der Waals surface area contributed by atoms with Crippen LogP contribution in [-0.4, -0.2) is 12.1 Å². The molecule has 16 heavy (non-hydrogen) atoms. The van der Waals surface area contributed by atoms with Gasteiger partial charge < -0.3 is 16.4 Å². The summed E-state index contributed by atoms with van der Waals surface area (Å²) in [6, 6.07) is 6.43. The summed E-state index contributed by atoms with van der Waals surface area (Å²) in [6.45, 7) is 3.71. The van der Waals surface area contributed by atoms with Crippen LogP contribution in [0.1, 0.15) is 19.4 Å². The van der Waals surface area contributed by atoms with Crippen molar-refractivity contribution in [3.63, 3.8) is 0 Å². The fourth-order valence-electron chi connectivity index (χ4n) is 1.18. The molecule has 0 aromatic heterocycles. The van der Waals surface area contributed by atoms with E-state index < -0.39 is 0 Å². The number of hydrogen-bond donors (Lipinski definition) is 3. The van der Waals surface area contributed by atoms with Gasteiger partial charge in [0.2, 0.25) is 0 Å². The molecule has 0 heterocycles. The third-order valence-corrected chi connectivity index (χ3v) is 1.83. The van der Waals surface area contributed by atoms with Gasteiger partial charge in [-0.1, -0.05) is 0 Å². The molecular weight excluding hydrogens is 204 g/mol. The van der Waals surface area contributed by atoms with Gasteiger partial charge in [0.25, 0.3) is 0 Å². The van der Waals surface area contributed by atoms with Gasteiger partial charge in [-0.25, -0.2) is 4.79 Å². The van der Waals surface area contributed by atoms with Crippen molar-refractivity contribution in [2.24, 2.45) is 0 Å². The van der Waals surface area contributed by atoms with Gasteiger partial charge in [-0.3, -0.25) is 0 Å². The van der Waals surface area contributed by atoms with Gasteiger partial charge in [-0.05, 0) is 32.0 Å². The number of carbonyl (C=O) groups is 1. The first-order valence-electron chi connectivity index (χ1n) is 4.90. The predicted octanol–water partition coefficient (Wildman–Crippen LogP) is 1.67. The van der Waals surface area contributed by atoms with E-state index in [1.54, 1.807) is 12.1 Å². The van der Waals surface area contributed by atoms with Crippen molar-refractivity contribution in [1.29, 1.82) is 5.26 Å². The first-order valence-corrected chi connectivity index (χ1v) is 4.90. The standard InChI is InChI=1S/C11H14N4O/c1-7(2)14-11(16)15-10-4-3-9(13)5-8(10)6-12/h3-5,7H,13H2,1-2H3,(H2,14,15,16). The van der Waals surface area contributed by atoms with E-state index in [0.717, 1.165) is 0 Å². The second kappa shape index (κ2) is 5.03. The number of hydrogen-bond acceptors (Lipinski definition) is 3. The molecule has 0 atom stereocenters. The quantitative estimate of drug-likeness (QED) is 0.659. The van der Waals surface area contributed by atoms with Crippen LogP contribution in [0.3, 0.4) is 0 Å². The molecule has 1 aromatic carbocycles. The number of benzene rings is 1. The fourth-order valence-corrected chi connectivity index (χ4v) is 1.18. The summed E-state index contributed by atoms with van der Waals surface area (Å²) in [7, 11) is 0. The van der Waals surface area contributed by atoms with E-state index in [4.69, 9.17) is 11.0 Å². The lowest BCUT2D eigenvalue weighted by Crippen LogP contribution is -2.34. The van der Waals surface area contributed by atoms with Crippen molar-refractivity contribution < 1.29 is 4.79 Å². The molecule has 5 heteroatoms. The Hall–Kier alpha value is -2.22. The Labute approximate surface area is 94.2 Å². The number of anilines is 2. The molecule has 0 aliphatic rings. The number of nitrogens with two attached hydrogens (primary N) is 1. The van der Waals surface area contributed by atoms with Gasteiger partial charge in [-0.2, -0.15) is 5.26 Å². The van der Waals surface area contributed by atoms with Gasteiger partial charge in [0.05, 0.1) is 11.3 Å². The molecule has 1 aromatic rings. The molecule has 0 unspecified atom stereocenters. The Morgan fingerprint density at radius 3 is 2.75 bits per heavy atom. The molecule has 0 aliphatic carbocycles. The summed E-state index contributed by atoms with van der Waals surface area (Å²) in [5.41, 5.74) is 6.83. The maximum absolute atomic E-state index is 11.4. The molecule has 0 bridgehead atoms. The molecule has 0 aliphatic heterocycles. The number of nitriles is 1. The second-order valence-electron chi connectivity index (χ2n) is 3.67. The minimum atomic E-state index is -0.337. The minimum absolute atomic E-state index is 0.0410. The first kappa shape index (κ1) is 11.9. The molecule has 0 saturated heterocycles. The van der Waals surface area contributed by atoms with E-state index in [9.17, 15) is 4.79 Å². The highest BCUT2D eigenvalue weighted by molar-refractivity contribution is 5.91. The van der Waals surface area contributed by atoms with E-state index in [1.165, 1.54) is 6.07 Å². The topological polar surface area (TPSA) is 90.9 Å². The van der Waals surface area contributed by atoms with Crippen LogP contribution in [-0.2, 0) is 0 Å². The van der Waals surface area contributed by atoms with E-state index in [1.807, 2.05) is 19.9 Å². The van der Waals surface area contributed by atoms with Gasteiger partial charge in [0, 0.05) is 11.7 Å². The molecule has 5 nitrogen and oxygen atoms in total. The Balaban J connectivity index is 2.82. The van der Waals surface area contributed by atoms with Crippen molar-refractivity contribution in [3.8, 4) is 6.07 Å². The fraction of sp³-hybridized carbons (Fsp3) is 0.273. The lowest BCUT2D eigenvalue weighted by atomic mass is 10.2. The first-order chi connectivity index (χ1) is 7.52. The normalized spacial score (nSPS) is 9.62. The van der Waals surface area contributed by atoms with Crippen LogP contribution in [0.15, 0.2) is 18.2 Å². The van der Waals surface area contributed by atoms with Crippen LogP contribution in [0.25, 0.3) is 0 Å². The SMILES string of the molecule is CC(C)NC(=O)Nc1ccc(N)cc1C#N. The number of urea groups is 1. The molecule has 4 N–H and O–H groups in total. The number of nitrogens with zero attached hydrogens (tertiary/aromatic N) is 1. The maximum atomic E-state index is 11.4. The highest BCUT2D eigenvalue weighted by Crippen LogP contribution is 2.17. The van der Waals surface area contributed by atoms with Crippen molar-refractivity contribution in [1.82, 2.24) is 5.32 Å². The third kappa shape index (κ3) is 3.17. The van der Waals surface area contributed by atoms with Crippen molar-refractivity contribution in [3.05, 3.63) is 23.8 Å². The summed E-state index contributed by atoms with van der Waals surface area (Å²) < 4.78 is 0. The van der Waals surface area contributed by atoms with E-state index in [0.29, 0.717) is 16.9 Å². The molecule has 0 spiro atoms. The Morgan fingerprint density at radius 1 is 1.50 bits per heavy atom. The largest absolute Gasteiger partial charge is 0.399 e. The van der Waals surface area contributed by atoms with E-state index in [-0.39, 0.29) is 12.1 Å². The average Bonchev–Trinajstić information content (AvgIpc) is 2.19. The molecular formula is C11H14N4O. The van der Waals surface area contributed by atoms with E-state index in [2.05, 4.69) is 10.6 Å². The van der Waals surface area contributed by atoms with Gasteiger partial charge in [-0.15, -0.1) is 0 Å². The monoisotopic (exact) mass is 218 g/mol. The molecule has 84 valence electrons. The predicted molar refractivity (Wildman–Crippen MR) is 62.9 cm³/mol. The number of nitrogen functional groups attached to an aromatic ring is 1. The lowest BCUT2D eigenvalue weighted by molar-refractivity contribution is 0.250. The van der Waals surface area contributed by atoms with Crippen LogP contribution < -0.4 is 16.4 Å². The van der Waals surface area contributed by atoms with Crippen molar-refractivity contribution >= 4 is 17.4 Å². The summed E-state index contributed by atoms with van der Waals surface area (Å²) in [6.07, 6.45) is 0. The van der Waals surface area contributed by atoms with Gasteiger partial charge >= 0.3 is 6.03 Å². The van der Waals surface area contributed by atoms with Crippen LogP contribution >= 0.6 is 0 Å². The average molecular weight is 218 g/mol. The van der Waals surface area contributed by atoms with Crippen LogP contribution in [0.2, 0.25) is 0 Å². The molecule has 2 amide bonds. The minimum Gasteiger partial charge on any atom is -0.399 e. The van der Waals surface area contributed by atoms with Gasteiger partial charge in [0.15, 0.2) is 0 Å². The Kier molecular flexibility index (Phi) is 3.72. The molecule has 0 radical (unpaired) electrons. The van der Waals surface area contributed by atoms with Crippen LogP contribution in [0.5, 0.6) is 0 Å². The highest BCUT2D eigenvalue weighted by atomic mass is 16.2. The smallest absolute Gasteiger partial charge is 0.319 e. The van der Waals surface area contributed by atoms with Crippen molar-refractivity contribution in [2.75, 3.05) is 11.1 Å². The third-order valence-electron chi connectivity index (χ3n) is 1.83. The van der Waals surface area contributed by atoms with Crippen LogP contribution in [0.4, 0.5) is 16.2 Å². The molecule has 0 saturated carbocycles. The zero-order valence-corrected chi connectivity index (χ0v) is 9.24. The summed E-state index contributed by atoms with van der Waals surface area (Å²) in [4.78, 5) is 11.4. The number of nitrogens with one attached hydrogen (secondary N) is 2. The molecule has 0 fully saturated rings. The number of rotatable bonds is 2. The van der Waals surface area contributed by atoms with Gasteiger partial charge in [0.1, 0.15) is 6.07 Å². The zero-order chi connectivity index (χ0) is 12.1. The number of amides is 2. The van der Waals surface area contributed by atoms with Crippen LogP contribution in [0, 0.1) is 11.3 Å². The van der Waals surface area contributed by atoms with E-state index >= 15 is 0 Å². The zero-order valence-electron chi connectivity index (χ0n) is 9.24. The highest BCUT2D eigenvalue weighted by Gasteiger charge is 2.07. The summed E-state index contributed by atoms with van der Waals surface area (Å²) in [5, 5.41) is 14.1. The summed E-state index contributed by atoms with van der Waals surface area (Å²) in [5.74, 6) is 0. The summed E-state index contributed by atoms with van der Waals surface area (Å²) >= 11 is 0. The Morgan fingerprint density at radius 2 is 2.19 bits per heavy atom. The molecule has 1 rings (SSSR count).